The molecule has 0 aliphatic carbocycles. The molecule has 88 valence electrons. The third-order valence-electron chi connectivity index (χ3n) is 2.26. The molecular formula is C12H13N3OS. The summed E-state index contributed by atoms with van der Waals surface area (Å²) >= 11 is 1.56. The minimum Gasteiger partial charge on any atom is -0.508 e. The average Bonchev–Trinajstić information content (AvgIpc) is 2.69. The highest BCUT2D eigenvalue weighted by atomic mass is 32.1. The number of hydrogen-bond acceptors (Lipinski definition) is 4. The van der Waals surface area contributed by atoms with Gasteiger partial charge in [0.25, 0.3) is 0 Å². The van der Waals surface area contributed by atoms with E-state index in [1.807, 2.05) is 24.4 Å². The van der Waals surface area contributed by atoms with E-state index < -0.39 is 0 Å². The Kier molecular flexibility index (Phi) is 3.39. The van der Waals surface area contributed by atoms with Crippen LogP contribution in [0.3, 0.4) is 0 Å². The van der Waals surface area contributed by atoms with Gasteiger partial charge >= 0.3 is 0 Å². The molecule has 0 aliphatic heterocycles. The Balaban J connectivity index is 2.32. The van der Waals surface area contributed by atoms with Crippen LogP contribution in [0, 0.1) is 6.92 Å². The molecule has 0 saturated heterocycles. The van der Waals surface area contributed by atoms with Crippen molar-refractivity contribution >= 4 is 17.6 Å². The summed E-state index contributed by atoms with van der Waals surface area (Å²) in [6, 6.07) is 6.89. The summed E-state index contributed by atoms with van der Waals surface area (Å²) in [4.78, 5) is 5.00. The van der Waals surface area contributed by atoms with Gasteiger partial charge in [-0.3, -0.25) is 4.99 Å². The first kappa shape index (κ1) is 11.6. The lowest BCUT2D eigenvalue weighted by Gasteiger charge is -1.97. The quantitative estimate of drug-likeness (QED) is 0.810. The zero-order valence-electron chi connectivity index (χ0n) is 9.66. The molecule has 1 aromatic heterocycles. The highest BCUT2D eigenvalue weighted by Crippen LogP contribution is 2.08. The van der Waals surface area contributed by atoms with Crippen LogP contribution in [-0.4, -0.2) is 23.0 Å². The zero-order valence-corrected chi connectivity index (χ0v) is 10.5. The van der Waals surface area contributed by atoms with Gasteiger partial charge in [0.15, 0.2) is 0 Å². The SMILES string of the molecule is CN=c1scc(C)n1/N=C/c1ccc(O)cc1. The monoisotopic (exact) mass is 247 g/mol. The van der Waals surface area contributed by atoms with Gasteiger partial charge in [0.05, 0.1) is 11.9 Å². The van der Waals surface area contributed by atoms with Gasteiger partial charge in [-0.15, -0.1) is 11.3 Å². The number of thiazole rings is 1. The fraction of sp³-hybridized carbons (Fsp3) is 0.167. The third-order valence-corrected chi connectivity index (χ3v) is 3.28. The van der Waals surface area contributed by atoms with E-state index in [0.29, 0.717) is 0 Å². The molecule has 0 aliphatic rings. The molecule has 0 radical (unpaired) electrons. The minimum atomic E-state index is 0.255. The predicted molar refractivity (Wildman–Crippen MR) is 69.6 cm³/mol. The topological polar surface area (TPSA) is 49.9 Å². The van der Waals surface area contributed by atoms with Crippen molar-refractivity contribution < 1.29 is 5.11 Å². The van der Waals surface area contributed by atoms with Crippen molar-refractivity contribution in [1.82, 2.24) is 4.68 Å². The summed E-state index contributed by atoms with van der Waals surface area (Å²) in [5.74, 6) is 0.255. The fourth-order valence-corrected chi connectivity index (χ4v) is 2.13. The smallest absolute Gasteiger partial charge is 0.205 e. The summed E-state index contributed by atoms with van der Waals surface area (Å²) in [6.45, 7) is 1.99. The number of phenols is 1. The molecule has 0 atom stereocenters. The molecule has 0 spiro atoms. The Labute approximate surface area is 103 Å². The molecule has 4 nitrogen and oxygen atoms in total. The van der Waals surface area contributed by atoms with Crippen molar-refractivity contribution in [2.45, 2.75) is 6.92 Å². The molecule has 1 heterocycles. The van der Waals surface area contributed by atoms with Gasteiger partial charge in [0.2, 0.25) is 4.80 Å². The summed E-state index contributed by atoms with van der Waals surface area (Å²) in [7, 11) is 1.75. The van der Waals surface area contributed by atoms with Crippen LogP contribution in [0.4, 0.5) is 0 Å². The number of rotatable bonds is 2. The molecule has 0 unspecified atom stereocenters. The van der Waals surface area contributed by atoms with Gasteiger partial charge in [0.1, 0.15) is 5.75 Å². The number of aromatic hydroxyl groups is 1. The van der Waals surface area contributed by atoms with Gasteiger partial charge in [-0.25, -0.2) is 4.68 Å². The van der Waals surface area contributed by atoms with Crippen molar-refractivity contribution in [3.63, 3.8) is 0 Å². The molecule has 2 aromatic rings. The molecule has 0 amide bonds. The Morgan fingerprint density at radius 2 is 2.00 bits per heavy atom. The summed E-state index contributed by atoms with van der Waals surface area (Å²) in [6.07, 6.45) is 1.74. The second kappa shape index (κ2) is 4.97. The van der Waals surface area contributed by atoms with Crippen molar-refractivity contribution in [1.29, 1.82) is 0 Å². The summed E-state index contributed by atoms with van der Waals surface area (Å²) in [5.41, 5.74) is 1.98. The van der Waals surface area contributed by atoms with Gasteiger partial charge in [-0.2, -0.15) is 5.10 Å². The maximum Gasteiger partial charge on any atom is 0.205 e. The Hall–Kier alpha value is -1.88. The first-order valence-corrected chi connectivity index (χ1v) is 6.02. The van der Waals surface area contributed by atoms with E-state index in [9.17, 15) is 5.11 Å². The maximum absolute atomic E-state index is 9.17. The van der Waals surface area contributed by atoms with Crippen LogP contribution in [0.5, 0.6) is 5.75 Å². The van der Waals surface area contributed by atoms with E-state index in [0.717, 1.165) is 16.1 Å². The number of benzene rings is 1. The Morgan fingerprint density at radius 1 is 1.29 bits per heavy atom. The highest BCUT2D eigenvalue weighted by molar-refractivity contribution is 7.07. The van der Waals surface area contributed by atoms with E-state index in [4.69, 9.17) is 0 Å². The summed E-state index contributed by atoms with van der Waals surface area (Å²) < 4.78 is 1.79. The highest BCUT2D eigenvalue weighted by Gasteiger charge is 1.97. The van der Waals surface area contributed by atoms with Crippen LogP contribution in [-0.2, 0) is 0 Å². The molecule has 1 N–H and O–H groups in total. The minimum absolute atomic E-state index is 0.255. The van der Waals surface area contributed by atoms with Crippen molar-refractivity contribution in [3.8, 4) is 5.75 Å². The van der Waals surface area contributed by atoms with Crippen molar-refractivity contribution in [3.05, 3.63) is 45.7 Å². The van der Waals surface area contributed by atoms with E-state index in [1.165, 1.54) is 0 Å². The number of hydrogen-bond donors (Lipinski definition) is 1. The lowest BCUT2D eigenvalue weighted by Crippen LogP contribution is -2.11. The standard InChI is InChI=1S/C12H13N3OS/c1-9-8-17-12(13-2)15(9)14-7-10-3-5-11(16)6-4-10/h3-8,16H,1-2H3/b13-12?,14-7+. The first-order valence-electron chi connectivity index (χ1n) is 5.14. The second-order valence-electron chi connectivity index (χ2n) is 3.53. The second-order valence-corrected chi connectivity index (χ2v) is 4.37. The van der Waals surface area contributed by atoms with E-state index in [-0.39, 0.29) is 5.75 Å². The van der Waals surface area contributed by atoms with E-state index in [2.05, 4.69) is 10.1 Å². The predicted octanol–water partition coefficient (Wildman–Crippen LogP) is 1.98. The van der Waals surface area contributed by atoms with Gasteiger partial charge < -0.3 is 5.11 Å². The maximum atomic E-state index is 9.17. The van der Waals surface area contributed by atoms with Crippen LogP contribution in [0.2, 0.25) is 0 Å². The van der Waals surface area contributed by atoms with Gasteiger partial charge in [-0.05, 0) is 36.8 Å². The van der Waals surface area contributed by atoms with Gasteiger partial charge in [0, 0.05) is 12.4 Å². The van der Waals surface area contributed by atoms with Crippen LogP contribution in [0.15, 0.2) is 39.7 Å². The van der Waals surface area contributed by atoms with Crippen LogP contribution in [0.1, 0.15) is 11.3 Å². The molecular weight excluding hydrogens is 234 g/mol. The largest absolute Gasteiger partial charge is 0.508 e. The van der Waals surface area contributed by atoms with Crippen LogP contribution < -0.4 is 4.80 Å². The molecule has 0 saturated carbocycles. The fourth-order valence-electron chi connectivity index (χ4n) is 1.36. The number of aryl methyl sites for hydroxylation is 1. The molecule has 5 heteroatoms. The van der Waals surface area contributed by atoms with Crippen molar-refractivity contribution in [2.24, 2.45) is 10.1 Å². The molecule has 1 aromatic carbocycles. The number of aromatic nitrogens is 1. The molecule has 2 rings (SSSR count). The zero-order chi connectivity index (χ0) is 12.3. The summed E-state index contributed by atoms with van der Waals surface area (Å²) in [5, 5.41) is 15.5. The lowest BCUT2D eigenvalue weighted by molar-refractivity contribution is 0.475. The lowest BCUT2D eigenvalue weighted by atomic mass is 10.2. The molecule has 0 fully saturated rings. The number of nitrogens with zero attached hydrogens (tertiary/aromatic N) is 3. The normalized spacial score (nSPS) is 12.5. The Bertz CT molecular complexity index is 593. The third kappa shape index (κ3) is 2.62. The van der Waals surface area contributed by atoms with Gasteiger partial charge in [-0.1, -0.05) is 0 Å². The molecule has 17 heavy (non-hydrogen) atoms. The first-order chi connectivity index (χ1) is 8.20. The molecule has 0 bridgehead atoms. The average molecular weight is 247 g/mol. The van der Waals surface area contributed by atoms with E-state index in [1.54, 1.807) is 41.4 Å². The van der Waals surface area contributed by atoms with Crippen LogP contribution in [0.25, 0.3) is 0 Å². The van der Waals surface area contributed by atoms with Crippen molar-refractivity contribution in [2.75, 3.05) is 7.05 Å². The van der Waals surface area contributed by atoms with Crippen LogP contribution >= 0.6 is 11.3 Å². The Morgan fingerprint density at radius 3 is 2.65 bits per heavy atom. The number of phenolic OH excluding ortho intramolecular Hbond substituents is 1. The van der Waals surface area contributed by atoms with E-state index >= 15 is 0 Å².